The number of halogens is 3. The van der Waals surface area contributed by atoms with Crippen molar-refractivity contribution < 1.29 is 37.0 Å². The molecule has 8 rings (SSSR count). The number of hydrogen-bond acceptors (Lipinski definition) is 8. The van der Waals surface area contributed by atoms with Crippen LogP contribution in [0.15, 0.2) is 58.8 Å². The molecule has 13 heteroatoms. The summed E-state index contributed by atoms with van der Waals surface area (Å²) in [5.74, 6) is -5.59. The average Bonchev–Trinajstić information content (AvgIpc) is 3.38. The topological polar surface area (TPSA) is 90.3 Å². The van der Waals surface area contributed by atoms with Gasteiger partial charge in [-0.2, -0.15) is 0 Å². The van der Waals surface area contributed by atoms with Crippen molar-refractivity contribution in [3.8, 4) is 27.3 Å². The number of methoxy groups -OCH3 is 1. The van der Waals surface area contributed by atoms with E-state index < -0.39 is 59.2 Å². The molecule has 0 radical (unpaired) electrons. The Balaban J connectivity index is 1.47. The second kappa shape index (κ2) is 9.44. The standard InChI is InChI=1S/C31H22F3N3O6S/c1-41-30(40)43-27-20(38)8-9-36-26(27)29(39)35-10-11-42-13-21(35)37(36)25-16-4-2-3-5-17(16)28-22-15(14-44-28)12-31(33,34)24-19(32)7-6-18(25)23(22)24/h2-9,14,21,25H,10-13H2,1H3. The molecule has 1 amide bonds. The quantitative estimate of drug-likeness (QED) is 0.290. The molecule has 0 spiro atoms. The highest BCUT2D eigenvalue weighted by Crippen LogP contribution is 2.58. The molecule has 2 atom stereocenters. The summed E-state index contributed by atoms with van der Waals surface area (Å²) < 4.78 is 64.1. The first-order chi connectivity index (χ1) is 21.2. The van der Waals surface area contributed by atoms with Gasteiger partial charge >= 0.3 is 6.16 Å². The molecule has 9 nitrogen and oxygen atoms in total. The number of alkyl halides is 2. The van der Waals surface area contributed by atoms with Gasteiger partial charge in [0, 0.05) is 41.2 Å². The molecule has 224 valence electrons. The van der Waals surface area contributed by atoms with Crippen molar-refractivity contribution in [2.45, 2.75) is 24.6 Å². The van der Waals surface area contributed by atoms with Crippen LogP contribution in [0.5, 0.6) is 5.75 Å². The predicted octanol–water partition coefficient (Wildman–Crippen LogP) is 5.03. The zero-order valence-electron chi connectivity index (χ0n) is 23.0. The van der Waals surface area contributed by atoms with Gasteiger partial charge in [-0.05, 0) is 33.7 Å². The lowest BCUT2D eigenvalue weighted by Gasteiger charge is -2.51. The van der Waals surface area contributed by atoms with Crippen LogP contribution in [-0.4, -0.2) is 54.7 Å². The van der Waals surface area contributed by atoms with Crippen molar-refractivity contribution in [3.63, 3.8) is 0 Å². The van der Waals surface area contributed by atoms with Crippen molar-refractivity contribution in [3.05, 3.63) is 98.0 Å². The number of carbonyl (C=O) groups excluding carboxylic acids is 2. The summed E-state index contributed by atoms with van der Waals surface area (Å²) >= 11 is 1.32. The van der Waals surface area contributed by atoms with Gasteiger partial charge in [-0.3, -0.25) is 19.3 Å². The molecule has 1 fully saturated rings. The maximum atomic E-state index is 15.8. The smallest absolute Gasteiger partial charge is 0.437 e. The number of carbonyl (C=O) groups is 2. The molecule has 4 heterocycles. The van der Waals surface area contributed by atoms with Gasteiger partial charge in [0.25, 0.3) is 11.8 Å². The number of benzene rings is 2. The zero-order chi connectivity index (χ0) is 30.5. The molecular weight excluding hydrogens is 599 g/mol. The SMILES string of the molecule is COC(=O)Oc1c2n(ccc1=O)N(C1c3ccccc3-c3scc4c3-c3c1ccc(F)c3C(F)(F)C4)C1COCCN1C2=O. The summed E-state index contributed by atoms with van der Waals surface area (Å²) in [6, 6.07) is 10.3. The van der Waals surface area contributed by atoms with E-state index in [2.05, 4.69) is 4.74 Å². The van der Waals surface area contributed by atoms with Crippen molar-refractivity contribution in [2.24, 2.45) is 0 Å². The van der Waals surface area contributed by atoms with Crippen LogP contribution in [0.3, 0.4) is 0 Å². The molecule has 4 aliphatic rings. The van der Waals surface area contributed by atoms with Gasteiger partial charge in [-0.15, -0.1) is 11.3 Å². The van der Waals surface area contributed by atoms with E-state index >= 15 is 13.2 Å². The van der Waals surface area contributed by atoms with Gasteiger partial charge in [0.2, 0.25) is 11.2 Å². The highest BCUT2D eigenvalue weighted by Gasteiger charge is 2.50. The third kappa shape index (κ3) is 3.59. The van der Waals surface area contributed by atoms with Crippen molar-refractivity contribution in [2.75, 3.05) is 31.9 Å². The summed E-state index contributed by atoms with van der Waals surface area (Å²) in [5, 5.41) is 3.47. The first-order valence-electron chi connectivity index (χ1n) is 13.8. The summed E-state index contributed by atoms with van der Waals surface area (Å²) in [4.78, 5) is 41.4. The summed E-state index contributed by atoms with van der Waals surface area (Å²) in [6.07, 6.45) is -1.20. The summed E-state index contributed by atoms with van der Waals surface area (Å²) in [7, 11) is 1.07. The maximum absolute atomic E-state index is 15.8. The fraction of sp³-hybridized carbons (Fsp3) is 0.258. The number of pyridine rings is 1. The number of morpholine rings is 1. The van der Waals surface area contributed by atoms with Crippen LogP contribution in [0.2, 0.25) is 0 Å². The molecule has 2 unspecified atom stereocenters. The van der Waals surface area contributed by atoms with Crippen LogP contribution >= 0.6 is 11.3 Å². The lowest BCUT2D eigenvalue weighted by molar-refractivity contribution is -0.0197. The number of amides is 1. The first-order valence-corrected chi connectivity index (χ1v) is 14.7. The largest absolute Gasteiger partial charge is 0.513 e. The molecule has 4 aromatic rings. The molecule has 2 aliphatic carbocycles. The van der Waals surface area contributed by atoms with E-state index in [1.807, 2.05) is 24.3 Å². The molecule has 0 saturated carbocycles. The number of aromatic nitrogens is 1. The molecule has 0 N–H and O–H groups in total. The normalized spacial score (nSPS) is 20.6. The minimum atomic E-state index is -3.47. The van der Waals surface area contributed by atoms with Crippen LogP contribution in [0.1, 0.15) is 38.8 Å². The number of nitrogens with zero attached hydrogens (tertiary/aromatic N) is 3. The number of hydrogen-bond donors (Lipinski definition) is 0. The van der Waals surface area contributed by atoms with Crippen LogP contribution in [0.4, 0.5) is 18.0 Å². The van der Waals surface area contributed by atoms with Crippen LogP contribution in [0.25, 0.3) is 21.6 Å². The summed E-state index contributed by atoms with van der Waals surface area (Å²) in [6.45, 7) is 0.405. The number of rotatable bonds is 2. The highest BCUT2D eigenvalue weighted by atomic mass is 32.1. The van der Waals surface area contributed by atoms with Crippen LogP contribution < -0.4 is 15.2 Å². The third-order valence-electron chi connectivity index (χ3n) is 8.65. The predicted molar refractivity (Wildman–Crippen MR) is 152 cm³/mol. The second-order valence-electron chi connectivity index (χ2n) is 10.9. The van der Waals surface area contributed by atoms with E-state index in [0.29, 0.717) is 22.3 Å². The Morgan fingerprint density at radius 1 is 1.09 bits per heavy atom. The lowest BCUT2D eigenvalue weighted by atomic mass is 9.80. The fourth-order valence-electron chi connectivity index (χ4n) is 6.91. The molecule has 1 saturated heterocycles. The van der Waals surface area contributed by atoms with Crippen LogP contribution in [-0.2, 0) is 21.8 Å². The zero-order valence-corrected chi connectivity index (χ0v) is 23.8. The van der Waals surface area contributed by atoms with Gasteiger partial charge in [0.15, 0.2) is 5.69 Å². The van der Waals surface area contributed by atoms with E-state index in [4.69, 9.17) is 9.47 Å². The second-order valence-corrected chi connectivity index (χ2v) is 11.8. The van der Waals surface area contributed by atoms with Gasteiger partial charge < -0.3 is 19.1 Å². The Morgan fingerprint density at radius 2 is 1.91 bits per heavy atom. The molecule has 2 aromatic heterocycles. The number of ether oxygens (including phenoxy) is 3. The van der Waals surface area contributed by atoms with Crippen molar-refractivity contribution in [1.29, 1.82) is 0 Å². The highest BCUT2D eigenvalue weighted by molar-refractivity contribution is 7.14. The minimum absolute atomic E-state index is 0.0513. The maximum Gasteiger partial charge on any atom is 0.513 e. The van der Waals surface area contributed by atoms with Gasteiger partial charge in [-0.1, -0.05) is 30.3 Å². The molecular formula is C31H22F3N3O6S. The average molecular weight is 622 g/mol. The third-order valence-corrected chi connectivity index (χ3v) is 9.71. The van der Waals surface area contributed by atoms with Crippen molar-refractivity contribution >= 4 is 23.4 Å². The van der Waals surface area contributed by atoms with Crippen molar-refractivity contribution in [1.82, 2.24) is 9.58 Å². The summed E-state index contributed by atoms with van der Waals surface area (Å²) in [5.41, 5.74) is 1.36. The Labute approximate surface area is 251 Å². The van der Waals surface area contributed by atoms with E-state index in [9.17, 15) is 14.4 Å². The number of thiophene rings is 1. The molecule has 44 heavy (non-hydrogen) atoms. The Morgan fingerprint density at radius 3 is 2.73 bits per heavy atom. The molecule has 0 bridgehead atoms. The van der Waals surface area contributed by atoms with E-state index in [0.717, 1.165) is 29.7 Å². The Bertz CT molecular complexity index is 1970. The van der Waals surface area contributed by atoms with E-state index in [-0.39, 0.29) is 31.0 Å². The Hall–Kier alpha value is -4.62. The minimum Gasteiger partial charge on any atom is -0.437 e. The Kier molecular flexibility index (Phi) is 5.78. The lowest BCUT2D eigenvalue weighted by Crippen LogP contribution is -2.66. The van der Waals surface area contributed by atoms with E-state index in [1.54, 1.807) is 10.4 Å². The van der Waals surface area contributed by atoms with E-state index in [1.165, 1.54) is 33.2 Å². The van der Waals surface area contributed by atoms with Crippen LogP contribution in [0, 0.1) is 5.82 Å². The molecule has 2 aromatic carbocycles. The van der Waals surface area contributed by atoms with Gasteiger partial charge in [0.1, 0.15) is 12.0 Å². The monoisotopic (exact) mass is 621 g/mol. The number of fused-ring (bicyclic) bond motifs is 4. The van der Waals surface area contributed by atoms with Gasteiger partial charge in [-0.25, -0.2) is 18.0 Å². The first kappa shape index (κ1) is 27.0. The molecule has 2 aliphatic heterocycles. The fourth-order valence-corrected chi connectivity index (χ4v) is 8.03. The van der Waals surface area contributed by atoms with Gasteiger partial charge in [0.05, 0.1) is 31.9 Å².